The van der Waals surface area contributed by atoms with Crippen LogP contribution in [-0.2, 0) is 9.59 Å². The lowest BCUT2D eigenvalue weighted by Crippen LogP contribution is -2.45. The van der Waals surface area contributed by atoms with Crippen molar-refractivity contribution in [2.24, 2.45) is 0 Å². The lowest BCUT2D eigenvalue weighted by atomic mass is 10.3. The number of hydrogen-bond donors (Lipinski definition) is 2. The number of nitrogens with zero attached hydrogens (tertiary/aromatic N) is 1. The molecule has 5 heteroatoms. The first-order valence-corrected chi connectivity index (χ1v) is 4.88. The first-order chi connectivity index (χ1) is 6.63. The Balaban J connectivity index is 2.58. The average Bonchev–Trinajstić information content (AvgIpc) is 2.29. The maximum absolute atomic E-state index is 11.1. The fourth-order valence-corrected chi connectivity index (χ4v) is 1.58. The average molecular weight is 200 g/mol. The second-order valence-corrected chi connectivity index (χ2v) is 3.51. The van der Waals surface area contributed by atoms with Gasteiger partial charge < -0.3 is 15.3 Å². The summed E-state index contributed by atoms with van der Waals surface area (Å²) in [6.07, 6.45) is 1.37. The van der Waals surface area contributed by atoms with Gasteiger partial charge >= 0.3 is 5.97 Å². The number of carbonyl (C=O) groups excluding carboxylic acids is 1. The number of carbonyl (C=O) groups is 2. The summed E-state index contributed by atoms with van der Waals surface area (Å²) in [6, 6.07) is -0.753. The Bertz CT molecular complexity index is 230. The molecular formula is C9H16N2O3. The largest absolute Gasteiger partial charge is 0.480 e. The number of amides is 1. The Morgan fingerprint density at radius 3 is 3.00 bits per heavy atom. The highest BCUT2D eigenvalue weighted by Gasteiger charge is 2.25. The van der Waals surface area contributed by atoms with Crippen LogP contribution in [0, 0.1) is 0 Å². The first-order valence-electron chi connectivity index (χ1n) is 4.88. The third-order valence-corrected chi connectivity index (χ3v) is 2.27. The minimum atomic E-state index is -0.957. The number of rotatable bonds is 3. The van der Waals surface area contributed by atoms with Crippen LogP contribution in [0.4, 0.5) is 0 Å². The molecule has 1 fully saturated rings. The summed E-state index contributed by atoms with van der Waals surface area (Å²) in [5.41, 5.74) is 0. The van der Waals surface area contributed by atoms with E-state index in [4.69, 9.17) is 5.11 Å². The van der Waals surface area contributed by atoms with Gasteiger partial charge in [-0.15, -0.1) is 0 Å². The topological polar surface area (TPSA) is 69.6 Å². The molecule has 1 amide bonds. The molecule has 2 N–H and O–H groups in total. The minimum absolute atomic E-state index is 0.170. The van der Waals surface area contributed by atoms with Gasteiger partial charge in [0.05, 0.1) is 0 Å². The molecule has 80 valence electrons. The van der Waals surface area contributed by atoms with Crippen LogP contribution in [0.1, 0.15) is 19.8 Å². The molecular weight excluding hydrogens is 184 g/mol. The highest BCUT2D eigenvalue weighted by Crippen LogP contribution is 2.02. The summed E-state index contributed by atoms with van der Waals surface area (Å²) in [5, 5.41) is 11.3. The zero-order valence-electron chi connectivity index (χ0n) is 8.32. The van der Waals surface area contributed by atoms with Gasteiger partial charge in [0.1, 0.15) is 6.04 Å². The van der Waals surface area contributed by atoms with E-state index in [1.807, 2.05) is 11.8 Å². The molecule has 0 radical (unpaired) electrons. The van der Waals surface area contributed by atoms with Crippen molar-refractivity contribution in [2.45, 2.75) is 25.8 Å². The molecule has 0 aromatic rings. The van der Waals surface area contributed by atoms with Crippen LogP contribution < -0.4 is 5.32 Å². The molecule has 1 heterocycles. The van der Waals surface area contributed by atoms with E-state index >= 15 is 0 Å². The zero-order valence-corrected chi connectivity index (χ0v) is 8.32. The number of carboxylic acid groups (broad SMARTS) is 1. The number of carboxylic acids is 1. The van der Waals surface area contributed by atoms with Crippen molar-refractivity contribution in [2.75, 3.05) is 19.6 Å². The molecule has 1 aliphatic rings. The Morgan fingerprint density at radius 1 is 1.71 bits per heavy atom. The van der Waals surface area contributed by atoms with E-state index < -0.39 is 12.0 Å². The van der Waals surface area contributed by atoms with E-state index in [1.54, 1.807) is 0 Å². The van der Waals surface area contributed by atoms with Crippen LogP contribution in [0.25, 0.3) is 0 Å². The molecule has 5 nitrogen and oxygen atoms in total. The monoisotopic (exact) mass is 200 g/mol. The minimum Gasteiger partial charge on any atom is -0.480 e. The molecule has 0 aromatic carbocycles. The van der Waals surface area contributed by atoms with Gasteiger partial charge in [-0.1, -0.05) is 6.92 Å². The van der Waals surface area contributed by atoms with E-state index in [2.05, 4.69) is 5.32 Å². The van der Waals surface area contributed by atoms with Crippen LogP contribution in [0.3, 0.4) is 0 Å². The Hall–Kier alpha value is -1.10. The van der Waals surface area contributed by atoms with Gasteiger partial charge in [0.25, 0.3) is 0 Å². The predicted molar refractivity (Wildman–Crippen MR) is 50.9 cm³/mol. The van der Waals surface area contributed by atoms with E-state index in [-0.39, 0.29) is 5.91 Å². The summed E-state index contributed by atoms with van der Waals surface area (Å²) >= 11 is 0. The lowest BCUT2D eigenvalue weighted by molar-refractivity contribution is -0.141. The first kappa shape index (κ1) is 11.0. The van der Waals surface area contributed by atoms with Crippen molar-refractivity contribution in [3.8, 4) is 0 Å². The van der Waals surface area contributed by atoms with Gasteiger partial charge in [-0.3, -0.25) is 4.79 Å². The standard InChI is InChI=1S/C9H16N2O3/c1-2-4-11-5-3-8(12)10-7(6-11)9(13)14/h7H,2-6H2,1H3,(H,10,12)(H,13,14). The van der Waals surface area contributed by atoms with Crippen molar-refractivity contribution >= 4 is 11.9 Å². The SMILES string of the molecule is CCCN1CCC(=O)NC(C(=O)O)C1. The molecule has 0 saturated carbocycles. The van der Waals surface area contributed by atoms with Gasteiger partial charge in [-0.25, -0.2) is 4.79 Å². The van der Waals surface area contributed by atoms with Crippen molar-refractivity contribution in [3.63, 3.8) is 0 Å². The zero-order chi connectivity index (χ0) is 10.6. The second kappa shape index (κ2) is 4.95. The number of nitrogens with one attached hydrogen (secondary N) is 1. The summed E-state index contributed by atoms with van der Waals surface area (Å²) in [6.45, 7) is 3.95. The van der Waals surface area contributed by atoms with Crippen molar-refractivity contribution in [3.05, 3.63) is 0 Å². The van der Waals surface area contributed by atoms with Crippen LogP contribution in [-0.4, -0.2) is 47.6 Å². The summed E-state index contributed by atoms with van der Waals surface area (Å²) in [4.78, 5) is 23.9. The van der Waals surface area contributed by atoms with Gasteiger partial charge in [0.2, 0.25) is 5.91 Å². The van der Waals surface area contributed by atoms with E-state index in [1.165, 1.54) is 0 Å². The maximum Gasteiger partial charge on any atom is 0.327 e. The highest BCUT2D eigenvalue weighted by molar-refractivity contribution is 5.84. The fraction of sp³-hybridized carbons (Fsp3) is 0.778. The van der Waals surface area contributed by atoms with E-state index in [0.29, 0.717) is 19.5 Å². The third kappa shape index (κ3) is 2.99. The smallest absolute Gasteiger partial charge is 0.327 e. The van der Waals surface area contributed by atoms with Crippen LogP contribution in [0.15, 0.2) is 0 Å². The number of aliphatic carboxylic acids is 1. The van der Waals surface area contributed by atoms with E-state index in [0.717, 1.165) is 13.0 Å². The molecule has 0 aromatic heterocycles. The van der Waals surface area contributed by atoms with Crippen LogP contribution in [0.5, 0.6) is 0 Å². The Labute approximate surface area is 83.1 Å². The Kier molecular flexibility index (Phi) is 3.88. The molecule has 1 aliphatic heterocycles. The molecule has 1 atom stereocenters. The molecule has 0 bridgehead atoms. The van der Waals surface area contributed by atoms with E-state index in [9.17, 15) is 9.59 Å². The quantitative estimate of drug-likeness (QED) is 0.654. The molecule has 1 rings (SSSR count). The summed E-state index contributed by atoms with van der Waals surface area (Å²) in [7, 11) is 0. The fourth-order valence-electron chi connectivity index (χ4n) is 1.58. The molecule has 0 spiro atoms. The Morgan fingerprint density at radius 2 is 2.43 bits per heavy atom. The van der Waals surface area contributed by atoms with Gasteiger partial charge in [0.15, 0.2) is 0 Å². The predicted octanol–water partition coefficient (Wildman–Crippen LogP) is -0.328. The van der Waals surface area contributed by atoms with Crippen molar-refractivity contribution in [1.82, 2.24) is 10.2 Å². The molecule has 1 saturated heterocycles. The second-order valence-electron chi connectivity index (χ2n) is 3.51. The highest BCUT2D eigenvalue weighted by atomic mass is 16.4. The summed E-state index contributed by atoms with van der Waals surface area (Å²) < 4.78 is 0. The van der Waals surface area contributed by atoms with Crippen LogP contribution >= 0.6 is 0 Å². The molecule has 0 aliphatic carbocycles. The lowest BCUT2D eigenvalue weighted by Gasteiger charge is -2.20. The van der Waals surface area contributed by atoms with Crippen molar-refractivity contribution in [1.29, 1.82) is 0 Å². The van der Waals surface area contributed by atoms with Gasteiger partial charge in [-0.05, 0) is 13.0 Å². The molecule has 14 heavy (non-hydrogen) atoms. The normalized spacial score (nSPS) is 24.1. The van der Waals surface area contributed by atoms with Gasteiger partial charge in [0, 0.05) is 19.5 Å². The van der Waals surface area contributed by atoms with Crippen LogP contribution in [0.2, 0.25) is 0 Å². The third-order valence-electron chi connectivity index (χ3n) is 2.27. The maximum atomic E-state index is 11.1. The summed E-state index contributed by atoms with van der Waals surface area (Å²) in [5.74, 6) is -1.13. The number of hydrogen-bond acceptors (Lipinski definition) is 3. The van der Waals surface area contributed by atoms with Crippen molar-refractivity contribution < 1.29 is 14.7 Å². The van der Waals surface area contributed by atoms with Gasteiger partial charge in [-0.2, -0.15) is 0 Å². The molecule has 1 unspecified atom stereocenters.